The van der Waals surface area contributed by atoms with Crippen LogP contribution in [0.5, 0.6) is 0 Å². The summed E-state index contributed by atoms with van der Waals surface area (Å²) in [5.41, 5.74) is 1.35. The summed E-state index contributed by atoms with van der Waals surface area (Å²) in [6.07, 6.45) is 4.45. The highest BCUT2D eigenvalue weighted by atomic mass is 16.3. The van der Waals surface area contributed by atoms with Crippen LogP contribution in [-0.2, 0) is 0 Å². The van der Waals surface area contributed by atoms with Gasteiger partial charge in [0.2, 0.25) is 0 Å². The molecule has 2 unspecified atom stereocenters. The molecule has 2 saturated heterocycles. The van der Waals surface area contributed by atoms with Gasteiger partial charge in [0.15, 0.2) is 5.69 Å². The lowest BCUT2D eigenvalue weighted by atomic mass is 9.98. The van der Waals surface area contributed by atoms with Gasteiger partial charge in [-0.1, -0.05) is 0 Å². The first-order chi connectivity index (χ1) is 11.2. The summed E-state index contributed by atoms with van der Waals surface area (Å²) in [4.78, 5) is 25.6. The standard InChI is InChI=1S/C16H19N5O2/c1-21-11-3-4-12(21)7-10(6-11)17-16(22)15-13-5-2-9(20-23)8-14(13)18-19-15/h2,5,8,10-12H,3-4,6-7H2,1H3,(H,17,22)(H,18,19). The van der Waals surface area contributed by atoms with Crippen LogP contribution in [0.4, 0.5) is 5.69 Å². The monoisotopic (exact) mass is 313 g/mol. The van der Waals surface area contributed by atoms with E-state index in [9.17, 15) is 9.70 Å². The number of H-pyrrole nitrogens is 1. The highest BCUT2D eigenvalue weighted by Crippen LogP contribution is 2.34. The number of rotatable bonds is 3. The molecule has 0 spiro atoms. The lowest BCUT2D eigenvalue weighted by Crippen LogP contribution is -2.48. The number of aromatic nitrogens is 2. The van der Waals surface area contributed by atoms with Crippen LogP contribution in [0.15, 0.2) is 23.4 Å². The van der Waals surface area contributed by atoms with Crippen LogP contribution in [0, 0.1) is 4.91 Å². The molecule has 0 radical (unpaired) electrons. The zero-order valence-electron chi connectivity index (χ0n) is 13.0. The van der Waals surface area contributed by atoms with Gasteiger partial charge in [-0.05, 0) is 56.1 Å². The maximum atomic E-state index is 12.6. The van der Waals surface area contributed by atoms with Crippen LogP contribution < -0.4 is 5.32 Å². The number of carbonyl (C=O) groups is 1. The van der Waals surface area contributed by atoms with Crippen molar-refractivity contribution in [3.63, 3.8) is 0 Å². The third kappa shape index (κ3) is 2.41. The van der Waals surface area contributed by atoms with E-state index < -0.39 is 0 Å². The number of benzene rings is 1. The Morgan fingerprint density at radius 3 is 2.78 bits per heavy atom. The summed E-state index contributed by atoms with van der Waals surface area (Å²) >= 11 is 0. The van der Waals surface area contributed by atoms with Gasteiger partial charge in [-0.2, -0.15) is 5.10 Å². The average Bonchev–Trinajstić information content (AvgIpc) is 3.04. The third-order valence-corrected chi connectivity index (χ3v) is 5.30. The highest BCUT2D eigenvalue weighted by Gasteiger charge is 2.39. The SMILES string of the molecule is CN1C2CCC1CC(NC(=O)c1n[nH]c3cc(N=O)ccc13)C2. The zero-order valence-corrected chi connectivity index (χ0v) is 13.0. The number of nitroso groups, excluding NO2 is 1. The van der Waals surface area contributed by atoms with Crippen molar-refractivity contribution in [1.82, 2.24) is 20.4 Å². The van der Waals surface area contributed by atoms with E-state index in [1.807, 2.05) is 0 Å². The molecule has 2 aliphatic heterocycles. The molecule has 7 heteroatoms. The second-order valence-corrected chi connectivity index (χ2v) is 6.59. The summed E-state index contributed by atoms with van der Waals surface area (Å²) in [6.45, 7) is 0. The number of nitrogens with one attached hydrogen (secondary N) is 2. The Bertz CT molecular complexity index is 757. The molecule has 0 aliphatic carbocycles. The van der Waals surface area contributed by atoms with Gasteiger partial charge in [-0.25, -0.2) is 0 Å². The molecular formula is C16H19N5O2. The van der Waals surface area contributed by atoms with Crippen molar-refractivity contribution in [2.45, 2.75) is 43.8 Å². The molecule has 2 bridgehead atoms. The number of carbonyl (C=O) groups excluding carboxylic acids is 1. The fraction of sp³-hybridized carbons (Fsp3) is 0.500. The van der Waals surface area contributed by atoms with Gasteiger partial charge in [0, 0.05) is 23.5 Å². The van der Waals surface area contributed by atoms with E-state index in [-0.39, 0.29) is 11.9 Å². The lowest BCUT2D eigenvalue weighted by molar-refractivity contribution is 0.0879. The van der Waals surface area contributed by atoms with Crippen LogP contribution in [0.25, 0.3) is 10.9 Å². The molecule has 1 amide bonds. The summed E-state index contributed by atoms with van der Waals surface area (Å²) in [5.74, 6) is -0.156. The molecular weight excluding hydrogens is 294 g/mol. The van der Waals surface area contributed by atoms with E-state index in [2.05, 4.69) is 32.6 Å². The first-order valence-electron chi connectivity index (χ1n) is 8.00. The maximum absolute atomic E-state index is 12.6. The van der Waals surface area contributed by atoms with Crippen LogP contribution in [0.1, 0.15) is 36.2 Å². The van der Waals surface area contributed by atoms with Crippen molar-refractivity contribution >= 4 is 22.5 Å². The quantitative estimate of drug-likeness (QED) is 0.851. The number of nitrogens with zero attached hydrogens (tertiary/aromatic N) is 3. The number of hydrogen-bond donors (Lipinski definition) is 2. The minimum atomic E-state index is -0.156. The van der Waals surface area contributed by atoms with Crippen LogP contribution >= 0.6 is 0 Å². The lowest BCUT2D eigenvalue weighted by Gasteiger charge is -2.36. The van der Waals surface area contributed by atoms with Crippen molar-refractivity contribution in [3.8, 4) is 0 Å². The predicted molar refractivity (Wildman–Crippen MR) is 86.6 cm³/mol. The largest absolute Gasteiger partial charge is 0.348 e. The molecule has 2 N–H and O–H groups in total. The first kappa shape index (κ1) is 14.3. The molecule has 2 aromatic rings. The highest BCUT2D eigenvalue weighted by molar-refractivity contribution is 6.05. The molecule has 2 atom stereocenters. The van der Waals surface area contributed by atoms with Crippen molar-refractivity contribution in [2.75, 3.05) is 7.05 Å². The van der Waals surface area contributed by atoms with Gasteiger partial charge in [0.05, 0.1) is 5.52 Å². The van der Waals surface area contributed by atoms with Gasteiger partial charge in [-0.15, -0.1) is 4.91 Å². The summed E-state index contributed by atoms with van der Waals surface area (Å²) in [6, 6.07) is 6.27. The van der Waals surface area contributed by atoms with Crippen molar-refractivity contribution in [1.29, 1.82) is 0 Å². The van der Waals surface area contributed by atoms with Crippen molar-refractivity contribution < 1.29 is 4.79 Å². The van der Waals surface area contributed by atoms with Gasteiger partial charge in [-0.3, -0.25) is 9.89 Å². The summed E-state index contributed by atoms with van der Waals surface area (Å²) in [7, 11) is 2.18. The number of aromatic amines is 1. The summed E-state index contributed by atoms with van der Waals surface area (Å²) in [5, 5.41) is 13.7. The fourth-order valence-electron chi connectivity index (χ4n) is 4.02. The number of amides is 1. The molecule has 0 saturated carbocycles. The predicted octanol–water partition coefficient (Wildman–Crippen LogP) is 2.32. The smallest absolute Gasteiger partial charge is 0.272 e. The number of piperidine rings is 1. The van der Waals surface area contributed by atoms with Gasteiger partial charge in [0.1, 0.15) is 5.69 Å². The molecule has 2 aliphatic rings. The molecule has 1 aromatic carbocycles. The van der Waals surface area contributed by atoms with Gasteiger partial charge in [0.25, 0.3) is 5.91 Å². The second kappa shape index (κ2) is 5.42. The Kier molecular flexibility index (Phi) is 3.37. The van der Waals surface area contributed by atoms with E-state index in [1.165, 1.54) is 12.8 Å². The molecule has 7 nitrogen and oxygen atoms in total. The van der Waals surface area contributed by atoms with E-state index in [0.717, 1.165) is 12.8 Å². The normalized spacial score (nSPS) is 27.3. The van der Waals surface area contributed by atoms with Gasteiger partial charge < -0.3 is 10.2 Å². The van der Waals surface area contributed by atoms with Gasteiger partial charge >= 0.3 is 0 Å². The number of fused-ring (bicyclic) bond motifs is 3. The molecule has 2 fully saturated rings. The average molecular weight is 313 g/mol. The molecule has 4 rings (SSSR count). The fourth-order valence-corrected chi connectivity index (χ4v) is 4.02. The van der Waals surface area contributed by atoms with Crippen LogP contribution in [0.3, 0.4) is 0 Å². The number of hydrogen-bond acceptors (Lipinski definition) is 5. The third-order valence-electron chi connectivity index (χ3n) is 5.30. The Morgan fingerprint density at radius 2 is 2.09 bits per heavy atom. The Balaban J connectivity index is 1.52. The summed E-state index contributed by atoms with van der Waals surface area (Å²) < 4.78 is 0. The zero-order chi connectivity index (χ0) is 16.0. The molecule has 23 heavy (non-hydrogen) atoms. The Hall–Kier alpha value is -2.28. The Labute approximate surface area is 133 Å². The molecule has 3 heterocycles. The van der Waals surface area contributed by atoms with E-state index in [1.54, 1.807) is 18.2 Å². The van der Waals surface area contributed by atoms with E-state index in [0.29, 0.717) is 34.4 Å². The van der Waals surface area contributed by atoms with Crippen LogP contribution in [0.2, 0.25) is 0 Å². The minimum absolute atomic E-state index is 0.156. The maximum Gasteiger partial charge on any atom is 0.272 e. The molecule has 1 aromatic heterocycles. The minimum Gasteiger partial charge on any atom is -0.348 e. The second-order valence-electron chi connectivity index (χ2n) is 6.59. The molecule has 120 valence electrons. The first-order valence-corrected chi connectivity index (χ1v) is 8.00. The Morgan fingerprint density at radius 1 is 1.35 bits per heavy atom. The van der Waals surface area contributed by atoms with E-state index >= 15 is 0 Å². The van der Waals surface area contributed by atoms with Crippen molar-refractivity contribution in [2.24, 2.45) is 5.18 Å². The van der Waals surface area contributed by atoms with Crippen LogP contribution in [-0.4, -0.2) is 46.2 Å². The van der Waals surface area contributed by atoms with E-state index in [4.69, 9.17) is 0 Å². The van der Waals surface area contributed by atoms with Crippen molar-refractivity contribution in [3.05, 3.63) is 28.8 Å². The topological polar surface area (TPSA) is 90.4 Å².